The van der Waals surface area contributed by atoms with Crippen LogP contribution in [0.15, 0.2) is 23.4 Å². The van der Waals surface area contributed by atoms with Crippen LogP contribution in [0.25, 0.3) is 0 Å². The fraction of sp³-hybridized carbons (Fsp3) is 0.125. The highest BCUT2D eigenvalue weighted by Crippen LogP contribution is 2.23. The van der Waals surface area contributed by atoms with Crippen LogP contribution in [-0.2, 0) is 0 Å². The molecular weight excluding hydrogens is 213 g/mol. The van der Waals surface area contributed by atoms with Gasteiger partial charge in [0.2, 0.25) is 0 Å². The van der Waals surface area contributed by atoms with E-state index in [1.165, 1.54) is 7.11 Å². The van der Waals surface area contributed by atoms with Crippen molar-refractivity contribution in [1.29, 1.82) is 0 Å². The van der Waals surface area contributed by atoms with E-state index >= 15 is 0 Å². The number of hydrogen-bond acceptors (Lipinski definition) is 3. The molecule has 0 spiro atoms. The first kappa shape index (κ1) is 10.2. The average Bonchev–Trinajstić information content (AvgIpc) is 2.17. The second kappa shape index (κ2) is 4.35. The zero-order chi connectivity index (χ0) is 9.84. The summed E-state index contributed by atoms with van der Waals surface area (Å²) < 4.78 is 4.95. The summed E-state index contributed by atoms with van der Waals surface area (Å²) in [7, 11) is 1.52. The second-order valence-corrected chi connectivity index (χ2v) is 3.00. The molecule has 0 saturated carbocycles. The van der Waals surface area contributed by atoms with E-state index in [-0.39, 0.29) is 5.17 Å². The normalized spacial score (nSPS) is 11.5. The third-order valence-corrected chi connectivity index (χ3v) is 2.09. The van der Waals surface area contributed by atoms with E-state index in [1.54, 1.807) is 18.2 Å². The molecule has 3 nitrogen and oxygen atoms in total. The third kappa shape index (κ3) is 2.26. The van der Waals surface area contributed by atoms with E-state index in [4.69, 9.17) is 33.1 Å². The molecule has 1 rings (SSSR count). The first-order valence-corrected chi connectivity index (χ1v) is 4.16. The largest absolute Gasteiger partial charge is 0.497 e. The van der Waals surface area contributed by atoms with Gasteiger partial charge in [-0.05, 0) is 18.2 Å². The highest BCUT2D eigenvalue weighted by atomic mass is 35.5. The van der Waals surface area contributed by atoms with E-state index in [2.05, 4.69) is 5.16 Å². The molecule has 0 aromatic heterocycles. The summed E-state index contributed by atoms with van der Waals surface area (Å²) in [6.07, 6.45) is 0. The Morgan fingerprint density at radius 2 is 2.23 bits per heavy atom. The van der Waals surface area contributed by atoms with Crippen molar-refractivity contribution in [2.24, 2.45) is 5.16 Å². The summed E-state index contributed by atoms with van der Waals surface area (Å²) in [5, 5.41) is 11.6. The Labute approximate surface area is 85.5 Å². The molecule has 70 valence electrons. The van der Waals surface area contributed by atoms with E-state index in [0.29, 0.717) is 16.3 Å². The summed E-state index contributed by atoms with van der Waals surface area (Å²) in [6.45, 7) is 0. The second-order valence-electron chi connectivity index (χ2n) is 2.24. The Hall–Kier alpha value is -0.930. The van der Waals surface area contributed by atoms with Crippen molar-refractivity contribution >= 4 is 28.4 Å². The number of methoxy groups -OCH3 is 1. The first-order valence-electron chi connectivity index (χ1n) is 3.40. The molecule has 0 aliphatic carbocycles. The van der Waals surface area contributed by atoms with Crippen molar-refractivity contribution in [3.8, 4) is 5.75 Å². The fourth-order valence-electron chi connectivity index (χ4n) is 0.843. The topological polar surface area (TPSA) is 41.8 Å². The van der Waals surface area contributed by atoms with Crippen molar-refractivity contribution in [3.05, 3.63) is 28.8 Å². The lowest BCUT2D eigenvalue weighted by atomic mass is 10.2. The SMILES string of the molecule is COc1ccc(Cl)c(C(Cl)=NO)c1. The molecule has 0 aliphatic heterocycles. The van der Waals surface area contributed by atoms with Gasteiger partial charge in [-0.2, -0.15) is 0 Å². The van der Waals surface area contributed by atoms with Crippen LogP contribution in [0.4, 0.5) is 0 Å². The Balaban J connectivity index is 3.19. The van der Waals surface area contributed by atoms with Crippen LogP contribution in [0.5, 0.6) is 5.75 Å². The Morgan fingerprint density at radius 1 is 1.54 bits per heavy atom. The quantitative estimate of drug-likeness (QED) is 0.473. The molecule has 13 heavy (non-hydrogen) atoms. The molecule has 0 unspecified atom stereocenters. The van der Waals surface area contributed by atoms with Crippen LogP contribution in [0.3, 0.4) is 0 Å². The van der Waals surface area contributed by atoms with Crippen molar-refractivity contribution in [1.82, 2.24) is 0 Å². The predicted octanol–water partition coefficient (Wildman–Crippen LogP) is 2.72. The molecule has 5 heteroatoms. The minimum Gasteiger partial charge on any atom is -0.497 e. The van der Waals surface area contributed by atoms with Crippen LogP contribution in [0, 0.1) is 0 Å². The smallest absolute Gasteiger partial charge is 0.176 e. The first-order chi connectivity index (χ1) is 6.19. The van der Waals surface area contributed by atoms with Crippen molar-refractivity contribution < 1.29 is 9.94 Å². The van der Waals surface area contributed by atoms with Gasteiger partial charge in [0.15, 0.2) is 5.17 Å². The van der Waals surface area contributed by atoms with Crippen molar-refractivity contribution in [3.63, 3.8) is 0 Å². The van der Waals surface area contributed by atoms with Crippen LogP contribution >= 0.6 is 23.2 Å². The summed E-state index contributed by atoms with van der Waals surface area (Å²) in [4.78, 5) is 0. The Morgan fingerprint density at radius 3 is 2.77 bits per heavy atom. The molecule has 1 aromatic rings. The monoisotopic (exact) mass is 219 g/mol. The van der Waals surface area contributed by atoms with Gasteiger partial charge in [0.1, 0.15) is 5.75 Å². The van der Waals surface area contributed by atoms with E-state index < -0.39 is 0 Å². The highest BCUT2D eigenvalue weighted by Gasteiger charge is 2.07. The van der Waals surface area contributed by atoms with Gasteiger partial charge in [-0.15, -0.1) is 0 Å². The molecule has 1 aromatic carbocycles. The summed E-state index contributed by atoms with van der Waals surface area (Å²) in [6, 6.07) is 4.89. The maximum Gasteiger partial charge on any atom is 0.176 e. The molecule has 0 saturated heterocycles. The minimum absolute atomic E-state index is 0.0658. The van der Waals surface area contributed by atoms with Gasteiger partial charge in [-0.3, -0.25) is 0 Å². The molecule has 0 fully saturated rings. The fourth-order valence-corrected chi connectivity index (χ4v) is 1.26. The number of benzene rings is 1. The number of rotatable bonds is 2. The van der Waals surface area contributed by atoms with Crippen LogP contribution < -0.4 is 4.74 Å². The van der Waals surface area contributed by atoms with E-state index in [9.17, 15) is 0 Å². The molecule has 1 N–H and O–H groups in total. The summed E-state index contributed by atoms with van der Waals surface area (Å²) in [5.74, 6) is 0.598. The molecule has 0 radical (unpaired) electrons. The molecule has 0 atom stereocenters. The zero-order valence-electron chi connectivity index (χ0n) is 6.79. The summed E-state index contributed by atoms with van der Waals surface area (Å²) in [5.41, 5.74) is 0.435. The number of ether oxygens (including phenoxy) is 1. The van der Waals surface area contributed by atoms with Crippen LogP contribution in [-0.4, -0.2) is 17.5 Å². The maximum atomic E-state index is 8.43. The third-order valence-electron chi connectivity index (χ3n) is 1.48. The Bertz CT molecular complexity index is 339. The van der Waals surface area contributed by atoms with Gasteiger partial charge < -0.3 is 9.94 Å². The van der Waals surface area contributed by atoms with E-state index in [0.717, 1.165) is 0 Å². The Kier molecular flexibility index (Phi) is 3.39. The number of oxime groups is 1. The zero-order valence-corrected chi connectivity index (χ0v) is 8.30. The van der Waals surface area contributed by atoms with E-state index in [1.807, 2.05) is 0 Å². The molecule has 0 amide bonds. The van der Waals surface area contributed by atoms with Gasteiger partial charge in [0.25, 0.3) is 0 Å². The lowest BCUT2D eigenvalue weighted by Crippen LogP contribution is -1.93. The van der Waals surface area contributed by atoms with Crippen LogP contribution in [0.2, 0.25) is 5.02 Å². The minimum atomic E-state index is -0.0658. The number of halogens is 2. The summed E-state index contributed by atoms with van der Waals surface area (Å²) >= 11 is 11.4. The van der Waals surface area contributed by atoms with Gasteiger partial charge in [-0.1, -0.05) is 28.4 Å². The maximum absolute atomic E-state index is 8.43. The van der Waals surface area contributed by atoms with Gasteiger partial charge in [0, 0.05) is 5.56 Å². The molecule has 0 aliphatic rings. The van der Waals surface area contributed by atoms with Gasteiger partial charge in [-0.25, -0.2) is 0 Å². The number of nitrogens with zero attached hydrogens (tertiary/aromatic N) is 1. The molecule has 0 bridgehead atoms. The number of hydrogen-bond donors (Lipinski definition) is 1. The van der Waals surface area contributed by atoms with Gasteiger partial charge in [0.05, 0.1) is 12.1 Å². The average molecular weight is 220 g/mol. The van der Waals surface area contributed by atoms with Gasteiger partial charge >= 0.3 is 0 Å². The highest BCUT2D eigenvalue weighted by molar-refractivity contribution is 6.70. The predicted molar refractivity (Wildman–Crippen MR) is 52.2 cm³/mol. The van der Waals surface area contributed by atoms with Crippen molar-refractivity contribution in [2.75, 3.05) is 7.11 Å². The van der Waals surface area contributed by atoms with Crippen LogP contribution in [0.1, 0.15) is 5.56 Å². The molecular formula is C8H7Cl2NO2. The standard InChI is InChI=1S/C8H7Cl2NO2/c1-13-5-2-3-7(9)6(4-5)8(10)11-12/h2-4,12H,1H3. The lowest BCUT2D eigenvalue weighted by Gasteiger charge is -2.03. The molecule has 0 heterocycles. The lowest BCUT2D eigenvalue weighted by molar-refractivity contribution is 0.321. The van der Waals surface area contributed by atoms with Crippen molar-refractivity contribution in [2.45, 2.75) is 0 Å².